The summed E-state index contributed by atoms with van der Waals surface area (Å²) in [4.78, 5) is 11.3. The summed E-state index contributed by atoms with van der Waals surface area (Å²) in [6.45, 7) is 2.19. The van der Waals surface area contributed by atoms with Crippen molar-refractivity contribution >= 4 is 15.9 Å². The molecule has 1 amide bonds. The van der Waals surface area contributed by atoms with Gasteiger partial charge in [0.05, 0.1) is 12.4 Å². The van der Waals surface area contributed by atoms with Crippen molar-refractivity contribution in [2.45, 2.75) is 44.2 Å². The summed E-state index contributed by atoms with van der Waals surface area (Å²) in [5, 5.41) is 2.76. The van der Waals surface area contributed by atoms with Crippen LogP contribution < -0.4 is 10.0 Å². The Balaban J connectivity index is 2.07. The van der Waals surface area contributed by atoms with Crippen LogP contribution in [0.1, 0.15) is 30.9 Å². The van der Waals surface area contributed by atoms with Crippen LogP contribution >= 0.6 is 0 Å². The molecular formula is C15H22N2O4S. The summed E-state index contributed by atoms with van der Waals surface area (Å²) in [6.07, 6.45) is 0.865. The lowest BCUT2D eigenvalue weighted by molar-refractivity contribution is -0.123. The van der Waals surface area contributed by atoms with Gasteiger partial charge < -0.3 is 10.1 Å². The average molecular weight is 326 g/mol. The number of piperidine rings is 1. The quantitative estimate of drug-likeness (QED) is 0.814. The average Bonchev–Trinajstić information content (AvgIpc) is 2.44. The summed E-state index contributed by atoms with van der Waals surface area (Å²) >= 11 is 0. The molecule has 1 aromatic carbocycles. The molecule has 2 rings (SSSR count). The van der Waals surface area contributed by atoms with E-state index < -0.39 is 10.0 Å². The molecule has 0 aromatic heterocycles. The Morgan fingerprint density at radius 1 is 1.32 bits per heavy atom. The summed E-state index contributed by atoms with van der Waals surface area (Å²) in [6, 6.07) is 6.85. The number of sulfonamides is 1. The minimum Gasteiger partial charge on any atom is -0.380 e. The molecule has 0 radical (unpaired) electrons. The number of nitrogens with one attached hydrogen (secondary N) is 2. The Kier molecular flexibility index (Phi) is 5.55. The molecule has 1 saturated heterocycles. The second kappa shape index (κ2) is 7.21. The lowest BCUT2D eigenvalue weighted by atomic mass is 10.0. The smallest absolute Gasteiger partial charge is 0.220 e. The molecule has 0 aliphatic carbocycles. The van der Waals surface area contributed by atoms with Crippen LogP contribution in [0.5, 0.6) is 0 Å². The van der Waals surface area contributed by atoms with E-state index >= 15 is 0 Å². The van der Waals surface area contributed by atoms with Gasteiger partial charge in [-0.1, -0.05) is 24.3 Å². The third-order valence-corrected chi connectivity index (χ3v) is 5.12. The van der Waals surface area contributed by atoms with Crippen molar-refractivity contribution in [2.75, 3.05) is 7.11 Å². The number of hydrogen-bond donors (Lipinski definition) is 2. The Hall–Kier alpha value is -1.44. The first-order chi connectivity index (χ1) is 10.4. The maximum atomic E-state index is 12.4. The van der Waals surface area contributed by atoms with Crippen molar-refractivity contribution in [3.8, 4) is 0 Å². The SMILES string of the molecule is COCc1ccccc1CS(=O)(=O)NC1CCC(=O)NC1C. The molecule has 0 saturated carbocycles. The summed E-state index contributed by atoms with van der Waals surface area (Å²) in [5.41, 5.74) is 1.59. The van der Waals surface area contributed by atoms with Crippen molar-refractivity contribution in [3.63, 3.8) is 0 Å². The van der Waals surface area contributed by atoms with Gasteiger partial charge in [0.2, 0.25) is 15.9 Å². The monoisotopic (exact) mass is 326 g/mol. The van der Waals surface area contributed by atoms with Gasteiger partial charge in [0.25, 0.3) is 0 Å². The van der Waals surface area contributed by atoms with Crippen LogP contribution in [0.25, 0.3) is 0 Å². The lowest BCUT2D eigenvalue weighted by Crippen LogP contribution is -2.54. The second-order valence-electron chi connectivity index (χ2n) is 5.58. The molecule has 2 N–H and O–H groups in total. The topological polar surface area (TPSA) is 84.5 Å². The molecule has 1 heterocycles. The summed E-state index contributed by atoms with van der Waals surface area (Å²) < 4.78 is 32.6. The molecule has 0 bridgehead atoms. The van der Waals surface area contributed by atoms with E-state index in [4.69, 9.17) is 4.74 Å². The van der Waals surface area contributed by atoms with Crippen molar-refractivity contribution in [1.82, 2.24) is 10.0 Å². The Labute approximate surface area is 131 Å². The van der Waals surface area contributed by atoms with Crippen molar-refractivity contribution in [3.05, 3.63) is 35.4 Å². The molecular weight excluding hydrogens is 304 g/mol. The molecule has 1 fully saturated rings. The van der Waals surface area contributed by atoms with E-state index in [9.17, 15) is 13.2 Å². The summed E-state index contributed by atoms with van der Waals surface area (Å²) in [5.74, 6) is -0.127. The first-order valence-electron chi connectivity index (χ1n) is 7.26. The largest absolute Gasteiger partial charge is 0.380 e. The molecule has 122 valence electrons. The number of amides is 1. The van der Waals surface area contributed by atoms with E-state index in [2.05, 4.69) is 10.0 Å². The van der Waals surface area contributed by atoms with Crippen LogP contribution in [0.2, 0.25) is 0 Å². The zero-order valence-corrected chi connectivity index (χ0v) is 13.7. The van der Waals surface area contributed by atoms with Gasteiger partial charge >= 0.3 is 0 Å². The van der Waals surface area contributed by atoms with Gasteiger partial charge in [-0.05, 0) is 24.5 Å². The number of carbonyl (C=O) groups is 1. The summed E-state index contributed by atoms with van der Waals surface area (Å²) in [7, 11) is -1.90. The molecule has 2 unspecified atom stereocenters. The van der Waals surface area contributed by atoms with Gasteiger partial charge in [0, 0.05) is 25.6 Å². The molecule has 1 aliphatic rings. The maximum absolute atomic E-state index is 12.4. The number of benzene rings is 1. The predicted octanol–water partition coefficient (Wildman–Crippen LogP) is 0.919. The molecule has 1 aromatic rings. The van der Waals surface area contributed by atoms with Gasteiger partial charge in [0.15, 0.2) is 0 Å². The first kappa shape index (κ1) is 16.9. The van der Waals surface area contributed by atoms with E-state index in [0.29, 0.717) is 19.4 Å². The van der Waals surface area contributed by atoms with E-state index in [-0.39, 0.29) is 23.7 Å². The Morgan fingerprint density at radius 3 is 2.64 bits per heavy atom. The van der Waals surface area contributed by atoms with Crippen LogP contribution in [0.15, 0.2) is 24.3 Å². The van der Waals surface area contributed by atoms with Gasteiger partial charge in [0.1, 0.15) is 0 Å². The zero-order chi connectivity index (χ0) is 16.2. The molecule has 6 nitrogen and oxygen atoms in total. The fraction of sp³-hybridized carbons (Fsp3) is 0.533. The van der Waals surface area contributed by atoms with Crippen LogP contribution in [0.3, 0.4) is 0 Å². The predicted molar refractivity (Wildman–Crippen MR) is 83.5 cm³/mol. The fourth-order valence-electron chi connectivity index (χ4n) is 2.60. The highest BCUT2D eigenvalue weighted by atomic mass is 32.2. The zero-order valence-electron chi connectivity index (χ0n) is 12.8. The first-order valence-corrected chi connectivity index (χ1v) is 8.91. The van der Waals surface area contributed by atoms with E-state index in [1.165, 1.54) is 0 Å². The van der Waals surface area contributed by atoms with Crippen LogP contribution in [-0.2, 0) is 31.9 Å². The molecule has 1 aliphatic heterocycles. The normalized spacial score (nSPS) is 22.4. The van der Waals surface area contributed by atoms with Crippen LogP contribution in [0.4, 0.5) is 0 Å². The molecule has 22 heavy (non-hydrogen) atoms. The van der Waals surface area contributed by atoms with Crippen molar-refractivity contribution in [1.29, 1.82) is 0 Å². The third-order valence-electron chi connectivity index (χ3n) is 3.77. The maximum Gasteiger partial charge on any atom is 0.220 e. The van der Waals surface area contributed by atoms with Crippen molar-refractivity contribution < 1.29 is 17.9 Å². The molecule has 2 atom stereocenters. The number of carbonyl (C=O) groups excluding carboxylic acids is 1. The Morgan fingerprint density at radius 2 is 2.00 bits per heavy atom. The lowest BCUT2D eigenvalue weighted by Gasteiger charge is -2.30. The van der Waals surface area contributed by atoms with Crippen LogP contribution in [-0.4, -0.2) is 33.5 Å². The van der Waals surface area contributed by atoms with Crippen LogP contribution in [0, 0.1) is 0 Å². The fourth-order valence-corrected chi connectivity index (χ4v) is 4.15. The standard InChI is InChI=1S/C15H22N2O4S/c1-11-14(7-8-15(18)16-11)17-22(19,20)10-13-6-4-3-5-12(13)9-21-2/h3-6,11,14,17H,7-10H2,1-2H3,(H,16,18). The number of rotatable bonds is 6. The van der Waals surface area contributed by atoms with Gasteiger partial charge in [-0.25, -0.2) is 13.1 Å². The van der Waals surface area contributed by atoms with Gasteiger partial charge in [-0.3, -0.25) is 4.79 Å². The third kappa shape index (κ3) is 4.53. The van der Waals surface area contributed by atoms with Gasteiger partial charge in [-0.2, -0.15) is 0 Å². The highest BCUT2D eigenvalue weighted by Gasteiger charge is 2.29. The number of hydrogen-bond acceptors (Lipinski definition) is 4. The second-order valence-corrected chi connectivity index (χ2v) is 7.33. The minimum absolute atomic E-state index is 0.0339. The highest BCUT2D eigenvalue weighted by Crippen LogP contribution is 2.16. The minimum atomic E-state index is -3.48. The molecule has 0 spiro atoms. The van der Waals surface area contributed by atoms with E-state index in [0.717, 1.165) is 11.1 Å². The van der Waals surface area contributed by atoms with E-state index in [1.807, 2.05) is 25.1 Å². The van der Waals surface area contributed by atoms with Crippen molar-refractivity contribution in [2.24, 2.45) is 0 Å². The Bertz CT molecular complexity index is 630. The highest BCUT2D eigenvalue weighted by molar-refractivity contribution is 7.88. The van der Waals surface area contributed by atoms with Gasteiger partial charge in [-0.15, -0.1) is 0 Å². The number of methoxy groups -OCH3 is 1. The number of ether oxygens (including phenoxy) is 1. The van der Waals surface area contributed by atoms with E-state index in [1.54, 1.807) is 13.2 Å². The molecule has 7 heteroatoms.